The van der Waals surface area contributed by atoms with Gasteiger partial charge in [-0.05, 0) is 68.8 Å². The summed E-state index contributed by atoms with van der Waals surface area (Å²) in [5.74, 6) is 0.988. The van der Waals surface area contributed by atoms with Crippen molar-refractivity contribution in [1.29, 1.82) is 0 Å². The van der Waals surface area contributed by atoms with Crippen molar-refractivity contribution in [3.63, 3.8) is 0 Å². The summed E-state index contributed by atoms with van der Waals surface area (Å²) in [6.45, 7) is 3.66. The lowest BCUT2D eigenvalue weighted by atomic mass is 9.89. The van der Waals surface area contributed by atoms with E-state index in [0.29, 0.717) is 11.8 Å². The molecule has 0 radical (unpaired) electrons. The number of benzene rings is 1. The molecule has 0 spiro atoms. The molecule has 0 saturated carbocycles. The number of nitrogens with zero attached hydrogens (tertiary/aromatic N) is 1. The molecule has 1 N–H and O–H groups in total. The molecule has 5 heteroatoms. The highest BCUT2D eigenvalue weighted by molar-refractivity contribution is 5.85. The van der Waals surface area contributed by atoms with Gasteiger partial charge in [0.15, 0.2) is 0 Å². The molecule has 23 heavy (non-hydrogen) atoms. The number of piperidine rings is 2. The third-order valence-corrected chi connectivity index (χ3v) is 5.03. The normalized spacial score (nSPS) is 20.1. The Morgan fingerprint density at radius 3 is 2.52 bits per heavy atom. The Hall–Kier alpha value is -1.13. The maximum atomic E-state index is 13.2. The minimum Gasteiger partial charge on any atom is -0.342 e. The van der Waals surface area contributed by atoms with E-state index in [1.807, 2.05) is 6.07 Å². The van der Waals surface area contributed by atoms with Crippen molar-refractivity contribution in [1.82, 2.24) is 10.2 Å². The molecule has 0 aromatic heterocycles. The van der Waals surface area contributed by atoms with Crippen LogP contribution in [0.15, 0.2) is 24.3 Å². The summed E-state index contributed by atoms with van der Waals surface area (Å²) in [5.41, 5.74) is 1.07. The molecule has 0 aliphatic carbocycles. The second kappa shape index (κ2) is 8.65. The smallest absolute Gasteiger partial charge is 0.225 e. The van der Waals surface area contributed by atoms with Crippen molar-refractivity contribution in [2.75, 3.05) is 26.2 Å². The fraction of sp³-hybridized carbons (Fsp3) is 0.611. The molecule has 0 atom stereocenters. The van der Waals surface area contributed by atoms with Gasteiger partial charge >= 0.3 is 0 Å². The van der Waals surface area contributed by atoms with E-state index in [1.165, 1.54) is 6.07 Å². The van der Waals surface area contributed by atoms with Gasteiger partial charge in [0, 0.05) is 19.0 Å². The second-order valence-corrected chi connectivity index (χ2v) is 6.63. The largest absolute Gasteiger partial charge is 0.342 e. The number of rotatable bonds is 3. The molecule has 0 bridgehead atoms. The number of hydrogen-bond donors (Lipinski definition) is 1. The van der Waals surface area contributed by atoms with Crippen LogP contribution in [0.5, 0.6) is 0 Å². The van der Waals surface area contributed by atoms with E-state index < -0.39 is 0 Å². The SMILES string of the molecule is Cl.O=C(C1CCNCC1)N1CCC(Cc2cccc(F)c2)CC1. The Balaban J connectivity index is 0.00000192. The standard InChI is InChI=1S/C18H25FN2O.ClH/c19-17-3-1-2-15(13-17)12-14-6-10-21(11-7-14)18(22)16-4-8-20-9-5-16;/h1-3,13-14,16,20H,4-12H2;1H. The Morgan fingerprint density at radius 1 is 1.17 bits per heavy atom. The van der Waals surface area contributed by atoms with Gasteiger partial charge in [-0.15, -0.1) is 12.4 Å². The van der Waals surface area contributed by atoms with E-state index >= 15 is 0 Å². The van der Waals surface area contributed by atoms with Crippen molar-refractivity contribution in [3.8, 4) is 0 Å². The Bertz CT molecular complexity index is 511. The first-order valence-corrected chi connectivity index (χ1v) is 8.46. The van der Waals surface area contributed by atoms with Gasteiger partial charge in [0.2, 0.25) is 5.91 Å². The van der Waals surface area contributed by atoms with Crippen LogP contribution in [-0.4, -0.2) is 37.0 Å². The molecule has 1 aromatic carbocycles. The van der Waals surface area contributed by atoms with Gasteiger partial charge in [0.25, 0.3) is 0 Å². The number of halogens is 2. The molecular formula is C18H26ClFN2O. The maximum absolute atomic E-state index is 13.2. The van der Waals surface area contributed by atoms with Gasteiger partial charge in [-0.3, -0.25) is 4.79 Å². The van der Waals surface area contributed by atoms with Gasteiger partial charge < -0.3 is 10.2 Å². The van der Waals surface area contributed by atoms with Crippen molar-refractivity contribution in [2.24, 2.45) is 11.8 Å². The topological polar surface area (TPSA) is 32.3 Å². The van der Waals surface area contributed by atoms with Crippen LogP contribution < -0.4 is 5.32 Å². The highest BCUT2D eigenvalue weighted by Gasteiger charge is 2.29. The Labute approximate surface area is 144 Å². The summed E-state index contributed by atoms with van der Waals surface area (Å²) in [4.78, 5) is 14.6. The number of nitrogens with one attached hydrogen (secondary N) is 1. The van der Waals surface area contributed by atoms with Crippen LogP contribution in [0.2, 0.25) is 0 Å². The zero-order valence-electron chi connectivity index (χ0n) is 13.5. The van der Waals surface area contributed by atoms with E-state index in [0.717, 1.165) is 63.8 Å². The molecule has 3 nitrogen and oxygen atoms in total. The van der Waals surface area contributed by atoms with Crippen LogP contribution in [-0.2, 0) is 11.2 Å². The van der Waals surface area contributed by atoms with Crippen molar-refractivity contribution in [2.45, 2.75) is 32.1 Å². The molecule has 2 aliphatic rings. The number of likely N-dealkylation sites (tertiary alicyclic amines) is 1. The summed E-state index contributed by atoms with van der Waals surface area (Å²) in [5, 5.41) is 3.31. The first-order valence-electron chi connectivity index (χ1n) is 8.46. The van der Waals surface area contributed by atoms with Crippen LogP contribution in [0, 0.1) is 17.7 Å². The summed E-state index contributed by atoms with van der Waals surface area (Å²) >= 11 is 0. The molecule has 3 rings (SSSR count). The predicted molar refractivity (Wildman–Crippen MR) is 92.2 cm³/mol. The third-order valence-electron chi connectivity index (χ3n) is 5.03. The monoisotopic (exact) mass is 340 g/mol. The van der Waals surface area contributed by atoms with Crippen molar-refractivity contribution < 1.29 is 9.18 Å². The van der Waals surface area contributed by atoms with E-state index in [1.54, 1.807) is 12.1 Å². The fourth-order valence-corrected chi connectivity index (χ4v) is 3.68. The Morgan fingerprint density at radius 2 is 1.87 bits per heavy atom. The molecule has 128 valence electrons. The third kappa shape index (κ3) is 4.92. The number of carbonyl (C=O) groups excluding carboxylic acids is 1. The molecule has 2 aliphatic heterocycles. The summed E-state index contributed by atoms with van der Waals surface area (Å²) < 4.78 is 13.2. The quantitative estimate of drug-likeness (QED) is 0.917. The highest BCUT2D eigenvalue weighted by atomic mass is 35.5. The van der Waals surface area contributed by atoms with Crippen LogP contribution in [0.3, 0.4) is 0 Å². The minimum atomic E-state index is -0.156. The summed E-state index contributed by atoms with van der Waals surface area (Å²) in [7, 11) is 0. The lowest BCUT2D eigenvalue weighted by Gasteiger charge is -2.35. The number of carbonyl (C=O) groups is 1. The van der Waals surface area contributed by atoms with Crippen LogP contribution >= 0.6 is 12.4 Å². The van der Waals surface area contributed by atoms with Crippen LogP contribution in [0.4, 0.5) is 4.39 Å². The molecule has 1 amide bonds. The maximum Gasteiger partial charge on any atom is 0.225 e. The summed E-state index contributed by atoms with van der Waals surface area (Å²) in [6.07, 6.45) is 4.94. The first kappa shape index (κ1) is 18.2. The lowest BCUT2D eigenvalue weighted by Crippen LogP contribution is -2.44. The minimum absolute atomic E-state index is 0. The van der Waals surface area contributed by atoms with Gasteiger partial charge in [0.1, 0.15) is 5.82 Å². The predicted octanol–water partition coefficient (Wildman–Crippen LogP) is 3.03. The van der Waals surface area contributed by atoms with E-state index in [-0.39, 0.29) is 24.1 Å². The number of amides is 1. The molecular weight excluding hydrogens is 315 g/mol. The molecule has 1 aromatic rings. The van der Waals surface area contributed by atoms with E-state index in [4.69, 9.17) is 0 Å². The van der Waals surface area contributed by atoms with Gasteiger partial charge in [0.05, 0.1) is 0 Å². The molecule has 2 fully saturated rings. The highest BCUT2D eigenvalue weighted by Crippen LogP contribution is 2.24. The fourth-order valence-electron chi connectivity index (χ4n) is 3.68. The van der Waals surface area contributed by atoms with E-state index in [9.17, 15) is 9.18 Å². The molecule has 2 saturated heterocycles. The average Bonchev–Trinajstić information content (AvgIpc) is 2.56. The van der Waals surface area contributed by atoms with E-state index in [2.05, 4.69) is 10.2 Å². The number of hydrogen-bond acceptors (Lipinski definition) is 2. The molecule has 2 heterocycles. The summed E-state index contributed by atoms with van der Waals surface area (Å²) in [6, 6.07) is 6.90. The van der Waals surface area contributed by atoms with Crippen molar-refractivity contribution >= 4 is 18.3 Å². The second-order valence-electron chi connectivity index (χ2n) is 6.63. The van der Waals surface area contributed by atoms with Gasteiger partial charge in [-0.1, -0.05) is 12.1 Å². The Kier molecular flexibility index (Phi) is 6.85. The first-order chi connectivity index (χ1) is 10.7. The van der Waals surface area contributed by atoms with Crippen LogP contribution in [0.25, 0.3) is 0 Å². The van der Waals surface area contributed by atoms with Crippen molar-refractivity contribution in [3.05, 3.63) is 35.6 Å². The zero-order chi connectivity index (χ0) is 15.4. The lowest BCUT2D eigenvalue weighted by molar-refractivity contribution is -0.137. The molecule has 0 unspecified atom stereocenters. The van der Waals surface area contributed by atoms with Gasteiger partial charge in [-0.25, -0.2) is 4.39 Å². The van der Waals surface area contributed by atoms with Crippen LogP contribution in [0.1, 0.15) is 31.2 Å². The average molecular weight is 341 g/mol. The zero-order valence-corrected chi connectivity index (χ0v) is 14.3. The van der Waals surface area contributed by atoms with Gasteiger partial charge in [-0.2, -0.15) is 0 Å².